The van der Waals surface area contributed by atoms with Crippen molar-refractivity contribution in [3.05, 3.63) is 53.1 Å². The van der Waals surface area contributed by atoms with Crippen molar-refractivity contribution in [3.63, 3.8) is 0 Å². The third-order valence-corrected chi connectivity index (χ3v) is 4.38. The minimum absolute atomic E-state index is 0.189. The summed E-state index contributed by atoms with van der Waals surface area (Å²) >= 11 is 0. The van der Waals surface area contributed by atoms with Crippen molar-refractivity contribution < 1.29 is 32.2 Å². The third-order valence-electron chi connectivity index (χ3n) is 4.38. The second-order valence-corrected chi connectivity index (χ2v) is 6.65. The number of carbonyl (C=O) groups is 1. The van der Waals surface area contributed by atoms with Crippen LogP contribution in [-0.4, -0.2) is 52.2 Å². The molecule has 0 aliphatic carbocycles. The molecule has 1 unspecified atom stereocenters. The molecule has 2 heterocycles. The molecule has 0 radical (unpaired) electrons. The van der Waals surface area contributed by atoms with Gasteiger partial charge in [0.2, 0.25) is 0 Å². The first-order chi connectivity index (χ1) is 13.6. The van der Waals surface area contributed by atoms with Gasteiger partial charge in [0.25, 0.3) is 0 Å². The molecule has 3 rings (SSSR count). The van der Waals surface area contributed by atoms with Crippen LogP contribution in [0.5, 0.6) is 0 Å². The zero-order valence-corrected chi connectivity index (χ0v) is 16.1. The molecular weight excluding hydrogens is 394 g/mol. The van der Waals surface area contributed by atoms with Crippen molar-refractivity contribution in [2.45, 2.75) is 38.7 Å². The fourth-order valence-corrected chi connectivity index (χ4v) is 3.11. The van der Waals surface area contributed by atoms with E-state index in [4.69, 9.17) is 14.6 Å². The summed E-state index contributed by atoms with van der Waals surface area (Å²) in [6, 6.07) is 6.75. The third kappa shape index (κ3) is 6.53. The second-order valence-electron chi connectivity index (χ2n) is 6.65. The van der Waals surface area contributed by atoms with Gasteiger partial charge in [-0.05, 0) is 24.6 Å². The van der Waals surface area contributed by atoms with Gasteiger partial charge < -0.3 is 9.84 Å². The molecule has 29 heavy (non-hydrogen) atoms. The highest BCUT2D eigenvalue weighted by atomic mass is 19.4. The van der Waals surface area contributed by atoms with Crippen LogP contribution in [0.1, 0.15) is 29.7 Å². The van der Waals surface area contributed by atoms with Gasteiger partial charge in [-0.1, -0.05) is 12.1 Å². The van der Waals surface area contributed by atoms with Gasteiger partial charge in [0.1, 0.15) is 5.82 Å². The van der Waals surface area contributed by atoms with Crippen molar-refractivity contribution in [2.75, 3.05) is 20.3 Å². The number of ether oxygens (including phenoxy) is 1. The zero-order valence-electron chi connectivity index (χ0n) is 16.1. The number of hydrogen-bond donors (Lipinski definition) is 1. The summed E-state index contributed by atoms with van der Waals surface area (Å²) in [4.78, 5) is 11.3. The fourth-order valence-electron chi connectivity index (χ4n) is 3.11. The smallest absolute Gasteiger partial charge is 0.475 e. The van der Waals surface area contributed by atoms with Gasteiger partial charge in [-0.2, -0.15) is 18.3 Å². The lowest BCUT2D eigenvalue weighted by Gasteiger charge is -2.31. The lowest BCUT2D eigenvalue weighted by Crippen LogP contribution is -2.34. The Morgan fingerprint density at radius 1 is 1.31 bits per heavy atom. The van der Waals surface area contributed by atoms with Crippen LogP contribution in [0.2, 0.25) is 0 Å². The molecule has 0 amide bonds. The number of aryl methyl sites for hydroxylation is 1. The molecule has 1 aromatic carbocycles. The quantitative estimate of drug-likeness (QED) is 0.756. The lowest BCUT2D eigenvalue weighted by molar-refractivity contribution is -0.192. The summed E-state index contributed by atoms with van der Waals surface area (Å²) in [5.74, 6) is -2.65. The molecule has 0 spiro atoms. The number of benzene rings is 1. The van der Waals surface area contributed by atoms with E-state index in [2.05, 4.69) is 23.1 Å². The Kier molecular flexibility index (Phi) is 7.74. The molecule has 160 valence electrons. The number of fused-ring (bicyclic) bond motifs is 1. The van der Waals surface area contributed by atoms with Gasteiger partial charge in [-0.3, -0.25) is 9.58 Å². The number of methoxy groups -OCH3 is 1. The number of carboxylic acids is 1. The first-order valence-corrected chi connectivity index (χ1v) is 8.96. The minimum atomic E-state index is -5.08. The largest absolute Gasteiger partial charge is 0.490 e. The predicted molar refractivity (Wildman–Crippen MR) is 96.7 cm³/mol. The highest BCUT2D eigenvalue weighted by molar-refractivity contribution is 5.73. The maximum atomic E-state index is 13.0. The molecule has 1 aromatic heterocycles. The van der Waals surface area contributed by atoms with Crippen LogP contribution >= 0.6 is 0 Å². The topological polar surface area (TPSA) is 67.6 Å². The van der Waals surface area contributed by atoms with E-state index in [9.17, 15) is 17.6 Å². The Labute approximate surface area is 165 Å². The molecule has 0 saturated heterocycles. The number of alkyl halides is 3. The van der Waals surface area contributed by atoms with Crippen molar-refractivity contribution >= 4 is 5.97 Å². The monoisotopic (exact) mass is 417 g/mol. The van der Waals surface area contributed by atoms with E-state index in [1.807, 2.05) is 16.8 Å². The van der Waals surface area contributed by atoms with Crippen molar-refractivity contribution in [1.82, 2.24) is 14.7 Å². The van der Waals surface area contributed by atoms with Crippen molar-refractivity contribution in [3.8, 4) is 0 Å². The number of halogens is 4. The number of rotatable bonds is 5. The minimum Gasteiger partial charge on any atom is -0.475 e. The highest BCUT2D eigenvalue weighted by Gasteiger charge is 2.38. The molecule has 0 bridgehead atoms. The molecular formula is C19H23F4N3O3. The number of carboxylic acid groups (broad SMARTS) is 1. The molecule has 1 atom stereocenters. The lowest BCUT2D eigenvalue weighted by atomic mass is 9.97. The predicted octanol–water partition coefficient (Wildman–Crippen LogP) is 3.42. The van der Waals surface area contributed by atoms with Crippen LogP contribution in [0.25, 0.3) is 0 Å². The van der Waals surface area contributed by atoms with Crippen LogP contribution in [0.4, 0.5) is 17.6 Å². The van der Waals surface area contributed by atoms with Crippen molar-refractivity contribution in [2.24, 2.45) is 0 Å². The summed E-state index contributed by atoms with van der Waals surface area (Å²) < 4.78 is 52.1. The van der Waals surface area contributed by atoms with Gasteiger partial charge in [-0.15, -0.1) is 0 Å². The van der Waals surface area contributed by atoms with Crippen LogP contribution in [0.15, 0.2) is 30.5 Å². The SMILES string of the molecule is CCn1cc2c(n1)C(COC)CN(Cc1ccc(F)cc1)C2.O=C(O)C(F)(F)F. The molecule has 1 N–H and O–H groups in total. The molecule has 2 aromatic rings. The number of nitrogens with zero attached hydrogens (tertiary/aromatic N) is 3. The van der Waals surface area contributed by atoms with E-state index in [1.54, 1.807) is 7.11 Å². The van der Waals surface area contributed by atoms with Gasteiger partial charge in [0.15, 0.2) is 0 Å². The van der Waals surface area contributed by atoms with E-state index in [-0.39, 0.29) is 5.82 Å². The van der Waals surface area contributed by atoms with E-state index >= 15 is 0 Å². The van der Waals surface area contributed by atoms with E-state index in [0.717, 1.165) is 31.7 Å². The standard InChI is InChI=1S/C17H22FN3O.C2HF3O2/c1-3-21-11-14-9-20(8-13-4-6-16(18)7-5-13)10-15(12-22-2)17(14)19-21;3-2(4,5)1(6)7/h4-7,11,15H,3,8-10,12H2,1-2H3;(H,6,7). The van der Waals surface area contributed by atoms with Crippen LogP contribution in [-0.2, 0) is 29.2 Å². The van der Waals surface area contributed by atoms with Crippen LogP contribution in [0.3, 0.4) is 0 Å². The second kappa shape index (κ2) is 9.84. The summed E-state index contributed by atoms with van der Waals surface area (Å²) in [7, 11) is 1.73. The Morgan fingerprint density at radius 3 is 2.45 bits per heavy atom. The maximum Gasteiger partial charge on any atom is 0.490 e. The van der Waals surface area contributed by atoms with Gasteiger partial charge in [0.05, 0.1) is 12.3 Å². The zero-order chi connectivity index (χ0) is 21.6. The average Bonchev–Trinajstić information content (AvgIpc) is 3.07. The fraction of sp³-hybridized carbons (Fsp3) is 0.474. The maximum absolute atomic E-state index is 13.0. The normalized spacial score (nSPS) is 16.7. The summed E-state index contributed by atoms with van der Waals surface area (Å²) in [6.45, 7) is 6.27. The summed E-state index contributed by atoms with van der Waals surface area (Å²) in [5, 5.41) is 11.8. The number of hydrogen-bond acceptors (Lipinski definition) is 4. The number of aromatic nitrogens is 2. The van der Waals surface area contributed by atoms with Crippen LogP contribution in [0, 0.1) is 5.82 Å². The molecule has 0 fully saturated rings. The van der Waals surface area contributed by atoms with E-state index < -0.39 is 12.1 Å². The molecule has 6 nitrogen and oxygen atoms in total. The molecule has 0 saturated carbocycles. The van der Waals surface area contributed by atoms with Crippen molar-refractivity contribution in [1.29, 1.82) is 0 Å². The molecule has 1 aliphatic rings. The highest BCUT2D eigenvalue weighted by Crippen LogP contribution is 2.28. The first kappa shape index (κ1) is 22.8. The van der Waals surface area contributed by atoms with Gasteiger partial charge in [0, 0.05) is 51.0 Å². The Morgan fingerprint density at radius 2 is 1.93 bits per heavy atom. The van der Waals surface area contributed by atoms with E-state index in [0.29, 0.717) is 12.5 Å². The Bertz CT molecular complexity index is 806. The summed E-state index contributed by atoms with van der Waals surface area (Å²) in [6.07, 6.45) is -2.95. The summed E-state index contributed by atoms with van der Waals surface area (Å²) in [5.41, 5.74) is 3.57. The number of aliphatic carboxylic acids is 1. The van der Waals surface area contributed by atoms with E-state index in [1.165, 1.54) is 23.4 Å². The van der Waals surface area contributed by atoms with Crippen LogP contribution < -0.4 is 0 Å². The van der Waals surface area contributed by atoms with Gasteiger partial charge in [-0.25, -0.2) is 9.18 Å². The Balaban J connectivity index is 0.000000370. The molecule has 10 heteroatoms. The Hall–Kier alpha value is -2.46. The first-order valence-electron chi connectivity index (χ1n) is 8.96. The van der Waals surface area contributed by atoms with Gasteiger partial charge >= 0.3 is 12.1 Å². The average molecular weight is 417 g/mol. The molecule has 1 aliphatic heterocycles.